The Morgan fingerprint density at radius 2 is 1.71 bits per heavy atom. The second-order valence-electron chi connectivity index (χ2n) is 4.17. The molecule has 1 aliphatic rings. The van der Waals surface area contributed by atoms with Crippen molar-refractivity contribution in [3.05, 3.63) is 0 Å². The summed E-state index contributed by atoms with van der Waals surface area (Å²) in [5, 5.41) is 1.70. The van der Waals surface area contributed by atoms with Gasteiger partial charge in [0.25, 0.3) is 0 Å². The smallest absolute Gasteiger partial charge is 0.120 e. The second kappa shape index (κ2) is 5.03. The Balaban J connectivity index is 2.63. The molecule has 5 heteroatoms. The van der Waals surface area contributed by atoms with E-state index in [9.17, 15) is 8.78 Å². The predicted octanol–water partition coefficient (Wildman–Crippen LogP) is 2.45. The fourth-order valence-electron chi connectivity index (χ4n) is 2.01. The molecule has 0 saturated carbocycles. The highest BCUT2D eigenvalue weighted by Crippen LogP contribution is 2.30. The van der Waals surface area contributed by atoms with Gasteiger partial charge in [-0.3, -0.25) is 0 Å². The first-order chi connectivity index (χ1) is 6.43. The highest BCUT2D eigenvalue weighted by Gasteiger charge is 2.39. The van der Waals surface area contributed by atoms with Crippen molar-refractivity contribution in [2.75, 3.05) is 20.1 Å². The summed E-state index contributed by atoms with van der Waals surface area (Å²) in [6.45, 7) is 4.38. The van der Waals surface area contributed by atoms with Crippen LogP contribution in [0.4, 0.5) is 8.78 Å². The first-order valence-corrected chi connectivity index (χ1v) is 5.82. The number of halogens is 3. The molecule has 0 aliphatic carbocycles. The second-order valence-corrected chi connectivity index (χ2v) is 5.57. The van der Waals surface area contributed by atoms with Crippen LogP contribution in [0.1, 0.15) is 13.8 Å². The molecule has 0 bridgehead atoms. The molecule has 1 fully saturated rings. The van der Waals surface area contributed by atoms with Crippen LogP contribution in [0.5, 0.6) is 0 Å². The van der Waals surface area contributed by atoms with Crippen LogP contribution in [0.3, 0.4) is 0 Å². The zero-order chi connectivity index (χ0) is 10.9. The van der Waals surface area contributed by atoms with Gasteiger partial charge in [-0.2, -0.15) is 3.22 Å². The third kappa shape index (κ3) is 2.76. The van der Waals surface area contributed by atoms with Crippen LogP contribution in [0.25, 0.3) is 0 Å². The third-order valence-electron chi connectivity index (χ3n) is 2.77. The summed E-state index contributed by atoms with van der Waals surface area (Å²) in [6.07, 6.45) is -2.12. The summed E-state index contributed by atoms with van der Waals surface area (Å²) >= 11 is 2.03. The number of nitrogens with zero attached hydrogens (tertiary/aromatic N) is 2. The van der Waals surface area contributed by atoms with Crippen molar-refractivity contribution in [1.29, 1.82) is 0 Å². The number of hydrogen-bond acceptors (Lipinski definition) is 2. The Kier molecular flexibility index (Phi) is 4.52. The normalized spacial score (nSPS) is 35.6. The molecule has 0 amide bonds. The summed E-state index contributed by atoms with van der Waals surface area (Å²) < 4.78 is 29.0. The van der Waals surface area contributed by atoms with Crippen LogP contribution >= 0.6 is 22.9 Å². The molecular weight excluding hydrogens is 301 g/mol. The first-order valence-electron chi connectivity index (χ1n) is 4.86. The molecule has 0 aromatic heterocycles. The average Bonchev–Trinajstić information content (AvgIpc) is 2.01. The summed E-state index contributed by atoms with van der Waals surface area (Å²) in [6, 6.07) is 0. The van der Waals surface area contributed by atoms with Gasteiger partial charge >= 0.3 is 0 Å². The van der Waals surface area contributed by atoms with Crippen molar-refractivity contribution in [2.24, 2.45) is 11.8 Å². The Morgan fingerprint density at radius 1 is 1.29 bits per heavy atom. The van der Waals surface area contributed by atoms with Crippen LogP contribution in [-0.4, -0.2) is 40.7 Å². The van der Waals surface area contributed by atoms with Crippen molar-refractivity contribution in [3.63, 3.8) is 0 Å². The van der Waals surface area contributed by atoms with Crippen LogP contribution < -0.4 is 0 Å². The number of hydrazine groups is 1. The predicted molar refractivity (Wildman–Crippen MR) is 61.5 cm³/mol. The van der Waals surface area contributed by atoms with Gasteiger partial charge in [0.1, 0.15) is 12.3 Å². The maximum Gasteiger partial charge on any atom is 0.120 e. The molecule has 1 aliphatic heterocycles. The fraction of sp³-hybridized carbons (Fsp3) is 1.00. The van der Waals surface area contributed by atoms with E-state index in [4.69, 9.17) is 0 Å². The minimum atomic E-state index is -1.06. The van der Waals surface area contributed by atoms with Crippen molar-refractivity contribution >= 4 is 22.9 Å². The Hall–Kier alpha value is 0.510. The largest absolute Gasteiger partial charge is 0.246 e. The molecule has 1 rings (SSSR count). The quantitative estimate of drug-likeness (QED) is 0.570. The lowest BCUT2D eigenvalue weighted by Crippen LogP contribution is -2.53. The van der Waals surface area contributed by atoms with E-state index in [1.165, 1.54) is 0 Å². The zero-order valence-electron chi connectivity index (χ0n) is 8.75. The Morgan fingerprint density at radius 3 is 2.00 bits per heavy atom. The molecule has 0 spiro atoms. The molecular formula is C9H17F2IN2. The molecule has 1 unspecified atom stereocenters. The summed E-state index contributed by atoms with van der Waals surface area (Å²) in [5.74, 6) is -0.371. The van der Waals surface area contributed by atoms with E-state index in [1.807, 2.05) is 36.7 Å². The van der Waals surface area contributed by atoms with Gasteiger partial charge in [0, 0.05) is 48.9 Å². The lowest BCUT2D eigenvalue weighted by molar-refractivity contribution is -0.0513. The summed E-state index contributed by atoms with van der Waals surface area (Å²) in [5.41, 5.74) is 0. The average molecular weight is 318 g/mol. The molecule has 0 aromatic rings. The number of piperidine rings is 1. The zero-order valence-corrected chi connectivity index (χ0v) is 10.9. The highest BCUT2D eigenvalue weighted by molar-refractivity contribution is 14.1. The monoisotopic (exact) mass is 318 g/mol. The van der Waals surface area contributed by atoms with E-state index >= 15 is 0 Å². The molecule has 0 aromatic carbocycles. The van der Waals surface area contributed by atoms with Crippen LogP contribution in [0.15, 0.2) is 0 Å². The SMILES string of the molecule is CC(C)[C@H]1C(F)CN(N(C)I)C[C@@H]1F. The van der Waals surface area contributed by atoms with Gasteiger partial charge in [-0.25, -0.2) is 13.8 Å². The summed E-state index contributed by atoms with van der Waals surface area (Å²) in [7, 11) is 1.80. The minimum Gasteiger partial charge on any atom is -0.246 e. The number of hydrogen-bond donors (Lipinski definition) is 0. The highest BCUT2D eigenvalue weighted by atomic mass is 127. The van der Waals surface area contributed by atoms with E-state index in [0.29, 0.717) is 13.1 Å². The van der Waals surface area contributed by atoms with Crippen LogP contribution in [0, 0.1) is 11.8 Å². The Bertz CT molecular complexity index is 178. The van der Waals surface area contributed by atoms with Gasteiger partial charge in [-0.15, -0.1) is 0 Å². The van der Waals surface area contributed by atoms with E-state index in [2.05, 4.69) is 0 Å². The Labute approximate surface area is 98.1 Å². The standard InChI is InChI=1S/C9H17F2IN2/c1-6(2)9-7(10)4-14(13(3)12)5-8(9)11/h6-9H,4-5H2,1-3H3/t7-,8?,9+/m0/s1. The topological polar surface area (TPSA) is 6.48 Å². The first kappa shape index (κ1) is 12.6. The van der Waals surface area contributed by atoms with Gasteiger partial charge in [0.15, 0.2) is 0 Å². The van der Waals surface area contributed by atoms with Crippen molar-refractivity contribution in [2.45, 2.75) is 26.2 Å². The van der Waals surface area contributed by atoms with E-state index in [-0.39, 0.29) is 5.92 Å². The van der Waals surface area contributed by atoms with Crippen molar-refractivity contribution < 1.29 is 8.78 Å². The third-order valence-corrected chi connectivity index (χ3v) is 3.38. The molecule has 0 radical (unpaired) electrons. The van der Waals surface area contributed by atoms with Crippen LogP contribution in [-0.2, 0) is 0 Å². The number of alkyl halides is 2. The molecule has 2 nitrogen and oxygen atoms in total. The molecule has 84 valence electrons. The van der Waals surface area contributed by atoms with Crippen LogP contribution in [0.2, 0.25) is 0 Å². The van der Waals surface area contributed by atoms with E-state index in [1.54, 1.807) is 15.3 Å². The van der Waals surface area contributed by atoms with Gasteiger partial charge in [-0.1, -0.05) is 13.8 Å². The fourth-order valence-corrected chi connectivity index (χ4v) is 2.36. The summed E-state index contributed by atoms with van der Waals surface area (Å²) in [4.78, 5) is 0. The van der Waals surface area contributed by atoms with Gasteiger partial charge in [0.05, 0.1) is 0 Å². The maximum atomic E-state index is 13.6. The molecule has 1 heterocycles. The van der Waals surface area contributed by atoms with Gasteiger partial charge in [-0.05, 0) is 5.92 Å². The minimum absolute atomic E-state index is 0.0710. The van der Waals surface area contributed by atoms with Gasteiger partial charge in [0.2, 0.25) is 0 Å². The lowest BCUT2D eigenvalue weighted by Gasteiger charge is -2.40. The molecule has 1 saturated heterocycles. The van der Waals surface area contributed by atoms with Gasteiger partial charge < -0.3 is 0 Å². The number of rotatable bonds is 2. The maximum absolute atomic E-state index is 13.6. The van der Waals surface area contributed by atoms with E-state index in [0.717, 1.165) is 0 Å². The molecule has 14 heavy (non-hydrogen) atoms. The van der Waals surface area contributed by atoms with Crippen molar-refractivity contribution in [1.82, 2.24) is 8.23 Å². The van der Waals surface area contributed by atoms with E-state index < -0.39 is 18.3 Å². The molecule has 3 atom stereocenters. The lowest BCUT2D eigenvalue weighted by atomic mass is 9.84. The molecule has 0 N–H and O–H groups in total. The van der Waals surface area contributed by atoms with Crippen molar-refractivity contribution in [3.8, 4) is 0 Å².